The van der Waals surface area contributed by atoms with Gasteiger partial charge in [0, 0.05) is 30.8 Å². The van der Waals surface area contributed by atoms with Crippen molar-refractivity contribution in [2.24, 2.45) is 0 Å². The van der Waals surface area contributed by atoms with Crippen LogP contribution in [-0.2, 0) is 11.3 Å². The van der Waals surface area contributed by atoms with Crippen LogP contribution in [-0.4, -0.2) is 29.2 Å². The summed E-state index contributed by atoms with van der Waals surface area (Å²) in [5.74, 6) is 0.334. The molecular weight excluding hydrogens is 358 g/mol. The van der Waals surface area contributed by atoms with Crippen molar-refractivity contribution < 1.29 is 9.53 Å². The molecule has 1 amide bonds. The fourth-order valence-corrected chi connectivity index (χ4v) is 2.81. The standard InChI is InChI=1S/C17H16BrN3O2/c1-23-10-9-21-11-13(12-5-2-3-6-14(12)21)17(22)20-16-8-4-7-15(18)19-16/h2-8,11H,9-10H2,1H3,(H,19,20,22). The maximum atomic E-state index is 12.6. The van der Waals surface area contributed by atoms with Crippen LogP contribution in [0.2, 0.25) is 0 Å². The van der Waals surface area contributed by atoms with Gasteiger partial charge in [0.2, 0.25) is 0 Å². The number of amides is 1. The molecule has 0 saturated carbocycles. The number of carbonyl (C=O) groups excluding carboxylic acids is 1. The molecule has 1 aromatic carbocycles. The number of hydrogen-bond acceptors (Lipinski definition) is 3. The average molecular weight is 374 g/mol. The Morgan fingerprint density at radius 2 is 2.09 bits per heavy atom. The van der Waals surface area contributed by atoms with Crippen LogP contribution in [0.1, 0.15) is 10.4 Å². The molecule has 0 radical (unpaired) electrons. The Bertz CT molecular complexity index is 845. The van der Waals surface area contributed by atoms with Crippen LogP contribution in [0.25, 0.3) is 10.9 Å². The van der Waals surface area contributed by atoms with Gasteiger partial charge >= 0.3 is 0 Å². The summed E-state index contributed by atoms with van der Waals surface area (Å²) in [6.07, 6.45) is 1.86. The molecule has 3 aromatic rings. The number of rotatable bonds is 5. The van der Waals surface area contributed by atoms with Crippen molar-refractivity contribution in [3.63, 3.8) is 0 Å². The monoisotopic (exact) mass is 373 g/mol. The summed E-state index contributed by atoms with van der Waals surface area (Å²) in [5.41, 5.74) is 1.63. The molecule has 0 spiro atoms. The van der Waals surface area contributed by atoms with Crippen LogP contribution < -0.4 is 5.32 Å². The fraction of sp³-hybridized carbons (Fsp3) is 0.176. The van der Waals surface area contributed by atoms with Crippen molar-refractivity contribution in [1.29, 1.82) is 0 Å². The Kier molecular flexibility index (Phi) is 4.73. The SMILES string of the molecule is COCCn1cc(C(=O)Nc2cccc(Br)n2)c2ccccc21. The van der Waals surface area contributed by atoms with Gasteiger partial charge < -0.3 is 14.6 Å². The molecule has 5 nitrogen and oxygen atoms in total. The number of aromatic nitrogens is 2. The zero-order valence-electron chi connectivity index (χ0n) is 12.6. The zero-order chi connectivity index (χ0) is 16.2. The molecule has 23 heavy (non-hydrogen) atoms. The molecule has 0 bridgehead atoms. The topological polar surface area (TPSA) is 56.1 Å². The summed E-state index contributed by atoms with van der Waals surface area (Å²) in [6.45, 7) is 1.28. The smallest absolute Gasteiger partial charge is 0.258 e. The lowest BCUT2D eigenvalue weighted by atomic mass is 10.1. The van der Waals surface area contributed by atoms with Crippen molar-refractivity contribution in [1.82, 2.24) is 9.55 Å². The minimum atomic E-state index is -0.178. The summed E-state index contributed by atoms with van der Waals surface area (Å²) in [5, 5.41) is 3.75. The summed E-state index contributed by atoms with van der Waals surface area (Å²) in [6, 6.07) is 13.2. The first-order chi connectivity index (χ1) is 11.2. The Morgan fingerprint density at radius 3 is 2.87 bits per heavy atom. The van der Waals surface area contributed by atoms with Crippen LogP contribution in [0.5, 0.6) is 0 Å². The second-order valence-electron chi connectivity index (χ2n) is 5.05. The molecule has 0 aliphatic heterocycles. The number of anilines is 1. The Balaban J connectivity index is 1.93. The molecule has 3 rings (SSSR count). The van der Waals surface area contributed by atoms with Crippen molar-refractivity contribution >= 4 is 38.6 Å². The molecule has 1 N–H and O–H groups in total. The van der Waals surface area contributed by atoms with E-state index in [4.69, 9.17) is 4.74 Å². The van der Waals surface area contributed by atoms with E-state index in [0.29, 0.717) is 29.1 Å². The van der Waals surface area contributed by atoms with Gasteiger partial charge in [-0.15, -0.1) is 0 Å². The number of carbonyl (C=O) groups is 1. The number of benzene rings is 1. The van der Waals surface area contributed by atoms with Gasteiger partial charge in [0.25, 0.3) is 5.91 Å². The largest absolute Gasteiger partial charge is 0.383 e. The van der Waals surface area contributed by atoms with E-state index in [0.717, 1.165) is 10.9 Å². The number of pyridine rings is 1. The second-order valence-corrected chi connectivity index (χ2v) is 5.86. The number of nitrogens with zero attached hydrogens (tertiary/aromatic N) is 2. The Morgan fingerprint density at radius 1 is 1.26 bits per heavy atom. The second kappa shape index (κ2) is 6.93. The molecular formula is C17H16BrN3O2. The van der Waals surface area contributed by atoms with Crippen molar-refractivity contribution in [3.8, 4) is 0 Å². The van der Waals surface area contributed by atoms with E-state index in [2.05, 4.69) is 26.2 Å². The first kappa shape index (κ1) is 15.7. The predicted octanol–water partition coefficient (Wildman–Crippen LogP) is 3.70. The highest BCUT2D eigenvalue weighted by Gasteiger charge is 2.15. The molecule has 0 unspecified atom stereocenters. The van der Waals surface area contributed by atoms with E-state index in [1.165, 1.54) is 0 Å². The molecule has 2 aromatic heterocycles. The number of para-hydroxylation sites is 1. The van der Waals surface area contributed by atoms with Gasteiger partial charge in [0.05, 0.1) is 12.2 Å². The number of halogens is 1. The van der Waals surface area contributed by atoms with Gasteiger partial charge in [-0.25, -0.2) is 4.98 Å². The van der Waals surface area contributed by atoms with Crippen LogP contribution >= 0.6 is 15.9 Å². The lowest BCUT2D eigenvalue weighted by molar-refractivity contribution is 0.102. The van der Waals surface area contributed by atoms with Gasteiger partial charge in [-0.05, 0) is 34.1 Å². The highest BCUT2D eigenvalue weighted by Crippen LogP contribution is 2.22. The highest BCUT2D eigenvalue weighted by atomic mass is 79.9. The van der Waals surface area contributed by atoms with Gasteiger partial charge in [-0.2, -0.15) is 0 Å². The molecule has 118 valence electrons. The van der Waals surface area contributed by atoms with Crippen LogP contribution in [0.4, 0.5) is 5.82 Å². The molecule has 0 atom stereocenters. The van der Waals surface area contributed by atoms with Crippen molar-refractivity contribution in [3.05, 3.63) is 58.8 Å². The zero-order valence-corrected chi connectivity index (χ0v) is 14.2. The maximum absolute atomic E-state index is 12.6. The van der Waals surface area contributed by atoms with E-state index in [1.54, 1.807) is 13.2 Å². The predicted molar refractivity (Wildman–Crippen MR) is 93.7 cm³/mol. The molecule has 0 fully saturated rings. The lowest BCUT2D eigenvalue weighted by Gasteiger charge is -2.03. The average Bonchev–Trinajstić information content (AvgIpc) is 2.92. The van der Waals surface area contributed by atoms with Crippen LogP contribution in [0.3, 0.4) is 0 Å². The molecule has 6 heteroatoms. The quantitative estimate of drug-likeness (QED) is 0.693. The molecule has 0 saturated heterocycles. The van der Waals surface area contributed by atoms with E-state index in [1.807, 2.05) is 47.2 Å². The van der Waals surface area contributed by atoms with Gasteiger partial charge in [0.1, 0.15) is 10.4 Å². The van der Waals surface area contributed by atoms with E-state index < -0.39 is 0 Å². The summed E-state index contributed by atoms with van der Waals surface area (Å²) in [4.78, 5) is 16.8. The summed E-state index contributed by atoms with van der Waals surface area (Å²) in [7, 11) is 1.66. The van der Waals surface area contributed by atoms with Crippen LogP contribution in [0.15, 0.2) is 53.3 Å². The summed E-state index contributed by atoms with van der Waals surface area (Å²) < 4.78 is 7.85. The molecule has 0 aliphatic rings. The lowest BCUT2D eigenvalue weighted by Crippen LogP contribution is -2.12. The minimum Gasteiger partial charge on any atom is -0.383 e. The summed E-state index contributed by atoms with van der Waals surface area (Å²) >= 11 is 3.30. The van der Waals surface area contributed by atoms with Crippen LogP contribution in [0, 0.1) is 0 Å². The highest BCUT2D eigenvalue weighted by molar-refractivity contribution is 9.10. The number of fused-ring (bicyclic) bond motifs is 1. The van der Waals surface area contributed by atoms with E-state index in [9.17, 15) is 4.79 Å². The normalized spacial score (nSPS) is 10.9. The first-order valence-corrected chi connectivity index (χ1v) is 7.99. The molecule has 2 heterocycles. The number of methoxy groups -OCH3 is 1. The van der Waals surface area contributed by atoms with Gasteiger partial charge in [0.15, 0.2) is 0 Å². The van der Waals surface area contributed by atoms with E-state index in [-0.39, 0.29) is 5.91 Å². The Labute approximate surface area is 142 Å². The third-order valence-electron chi connectivity index (χ3n) is 3.53. The number of hydrogen-bond donors (Lipinski definition) is 1. The fourth-order valence-electron chi connectivity index (χ4n) is 2.46. The number of ether oxygens (including phenoxy) is 1. The molecule has 0 aliphatic carbocycles. The third kappa shape index (κ3) is 3.43. The minimum absolute atomic E-state index is 0.178. The van der Waals surface area contributed by atoms with Gasteiger partial charge in [-0.3, -0.25) is 4.79 Å². The number of nitrogens with one attached hydrogen (secondary N) is 1. The first-order valence-electron chi connectivity index (χ1n) is 7.20. The van der Waals surface area contributed by atoms with E-state index >= 15 is 0 Å². The van der Waals surface area contributed by atoms with Crippen molar-refractivity contribution in [2.75, 3.05) is 19.0 Å². The Hall–Kier alpha value is -2.18. The van der Waals surface area contributed by atoms with Gasteiger partial charge in [-0.1, -0.05) is 24.3 Å². The van der Waals surface area contributed by atoms with Crippen molar-refractivity contribution in [2.45, 2.75) is 6.54 Å². The third-order valence-corrected chi connectivity index (χ3v) is 3.97. The maximum Gasteiger partial charge on any atom is 0.258 e.